The van der Waals surface area contributed by atoms with E-state index in [1.165, 1.54) is 0 Å². The highest BCUT2D eigenvalue weighted by Crippen LogP contribution is 2.43. The van der Waals surface area contributed by atoms with E-state index in [0.29, 0.717) is 24.4 Å². The van der Waals surface area contributed by atoms with Gasteiger partial charge in [-0.05, 0) is 63.1 Å². The average Bonchev–Trinajstić information content (AvgIpc) is 2.61. The van der Waals surface area contributed by atoms with E-state index in [-0.39, 0.29) is 30.1 Å². The van der Waals surface area contributed by atoms with Gasteiger partial charge in [-0.2, -0.15) is 0 Å². The number of carbonyl (C=O) groups excluding carboxylic acids is 1. The molecule has 0 saturated carbocycles. The van der Waals surface area contributed by atoms with E-state index in [1.807, 2.05) is 28.9 Å². The Bertz CT molecular complexity index is 712. The molecule has 0 aliphatic carbocycles. The lowest BCUT2D eigenvalue weighted by atomic mass is 9.78. The summed E-state index contributed by atoms with van der Waals surface area (Å²) in [4.78, 5) is 16.9. The minimum atomic E-state index is -0.202. The van der Waals surface area contributed by atoms with Crippen LogP contribution in [0.4, 0.5) is 14.9 Å². The van der Waals surface area contributed by atoms with Crippen LogP contribution < -0.4 is 4.90 Å². The Kier molecular flexibility index (Phi) is 4.26. The van der Waals surface area contributed by atoms with Gasteiger partial charge in [-0.15, -0.1) is 0 Å². The van der Waals surface area contributed by atoms with Crippen LogP contribution in [0, 0.1) is 12.7 Å². The summed E-state index contributed by atoms with van der Waals surface area (Å²) in [6.45, 7) is 3.24. The molecule has 1 atom stereocenters. The molecule has 0 aromatic heterocycles. The van der Waals surface area contributed by atoms with Crippen molar-refractivity contribution in [1.82, 2.24) is 4.90 Å². The molecule has 1 aromatic carbocycles. The predicted octanol–water partition coefficient (Wildman–Crippen LogP) is 3.63. The van der Waals surface area contributed by atoms with E-state index in [1.54, 1.807) is 6.07 Å². The van der Waals surface area contributed by atoms with Crippen molar-refractivity contribution in [3.63, 3.8) is 0 Å². The van der Waals surface area contributed by atoms with Gasteiger partial charge in [-0.25, -0.2) is 9.18 Å². The van der Waals surface area contributed by atoms with Crippen LogP contribution in [0.2, 0.25) is 0 Å². The predicted molar refractivity (Wildman–Crippen MR) is 99.4 cm³/mol. The quantitative estimate of drug-likeness (QED) is 0.793. The molecular weight excluding hydrogens is 347 g/mol. The van der Waals surface area contributed by atoms with E-state index >= 15 is 0 Å². The Morgan fingerprint density at radius 3 is 2.56 bits per heavy atom. The number of halogens is 1. The maximum atomic E-state index is 14.3. The van der Waals surface area contributed by atoms with E-state index in [2.05, 4.69) is 0 Å². The summed E-state index contributed by atoms with van der Waals surface area (Å²) in [6, 6.07) is 5.85. The molecular formula is C21H27FN2O3. The van der Waals surface area contributed by atoms with Crippen LogP contribution in [-0.2, 0) is 9.47 Å². The van der Waals surface area contributed by atoms with Gasteiger partial charge in [-0.3, -0.25) is 0 Å². The summed E-state index contributed by atoms with van der Waals surface area (Å²) in [6.07, 6.45) is 5.78. The third-order valence-electron chi connectivity index (χ3n) is 6.61. The number of amides is 1. The molecule has 5 nitrogen and oxygen atoms in total. The van der Waals surface area contributed by atoms with Crippen LogP contribution in [0.25, 0.3) is 0 Å². The number of carbonyl (C=O) groups is 1. The number of hydrogen-bond acceptors (Lipinski definition) is 4. The van der Waals surface area contributed by atoms with Gasteiger partial charge in [0.05, 0.1) is 24.4 Å². The molecule has 27 heavy (non-hydrogen) atoms. The molecule has 5 heterocycles. The molecule has 5 aliphatic rings. The highest BCUT2D eigenvalue weighted by molar-refractivity contribution is 5.69. The van der Waals surface area contributed by atoms with Crippen LogP contribution in [0.3, 0.4) is 0 Å². The fourth-order valence-electron chi connectivity index (χ4n) is 5.47. The van der Waals surface area contributed by atoms with Crippen LogP contribution in [0.1, 0.15) is 44.1 Å². The van der Waals surface area contributed by atoms with Crippen LogP contribution >= 0.6 is 0 Å². The number of piperidine rings is 3. The van der Waals surface area contributed by atoms with Gasteiger partial charge in [0.15, 0.2) is 0 Å². The number of rotatable bonds is 2. The second-order valence-corrected chi connectivity index (χ2v) is 8.59. The normalized spacial score (nSPS) is 34.8. The van der Waals surface area contributed by atoms with E-state index in [4.69, 9.17) is 9.47 Å². The highest BCUT2D eigenvalue weighted by Gasteiger charge is 2.50. The molecule has 5 aliphatic heterocycles. The fourth-order valence-corrected chi connectivity index (χ4v) is 5.47. The summed E-state index contributed by atoms with van der Waals surface area (Å²) < 4.78 is 26.2. The fraction of sp³-hybridized carbons (Fsp3) is 0.667. The standard InChI is InChI=1S/C21H27FN2O3/c1-13-4-5-20(19(22)7-13)23-6-2-3-16(12-23)27-21(25)24-14-8-17-10-15(24)11-18(9-14)26-17/h4-5,7,14-18H,2-3,6,8-12H2,1H3. The van der Waals surface area contributed by atoms with Crippen LogP contribution in [0.5, 0.6) is 0 Å². The first kappa shape index (κ1) is 17.3. The second kappa shape index (κ2) is 6.66. The van der Waals surface area contributed by atoms with Crippen molar-refractivity contribution in [2.75, 3.05) is 18.0 Å². The van der Waals surface area contributed by atoms with Gasteiger partial charge in [0, 0.05) is 18.6 Å². The number of aryl methyl sites for hydroxylation is 1. The Labute approximate surface area is 159 Å². The maximum Gasteiger partial charge on any atom is 0.410 e. The van der Waals surface area contributed by atoms with Crippen molar-refractivity contribution in [2.45, 2.75) is 75.8 Å². The topological polar surface area (TPSA) is 42.0 Å². The van der Waals surface area contributed by atoms with E-state index < -0.39 is 0 Å². The zero-order valence-corrected chi connectivity index (χ0v) is 15.8. The molecule has 0 spiro atoms. The first-order valence-electron chi connectivity index (χ1n) is 10.2. The summed E-state index contributed by atoms with van der Waals surface area (Å²) >= 11 is 0. The Balaban J connectivity index is 1.25. The summed E-state index contributed by atoms with van der Waals surface area (Å²) in [5.74, 6) is -0.202. The van der Waals surface area contributed by atoms with E-state index in [0.717, 1.165) is 50.6 Å². The van der Waals surface area contributed by atoms with Crippen molar-refractivity contribution in [3.05, 3.63) is 29.6 Å². The first-order valence-corrected chi connectivity index (χ1v) is 10.2. The van der Waals surface area contributed by atoms with Crippen molar-refractivity contribution in [2.24, 2.45) is 0 Å². The van der Waals surface area contributed by atoms with Crippen molar-refractivity contribution in [3.8, 4) is 0 Å². The summed E-state index contributed by atoms with van der Waals surface area (Å²) in [7, 11) is 0. The molecule has 4 bridgehead atoms. The largest absolute Gasteiger partial charge is 0.444 e. The average molecular weight is 374 g/mol. The Hall–Kier alpha value is -1.82. The molecule has 146 valence electrons. The summed E-state index contributed by atoms with van der Waals surface area (Å²) in [5, 5.41) is 0. The van der Waals surface area contributed by atoms with Crippen molar-refractivity contribution >= 4 is 11.8 Å². The maximum absolute atomic E-state index is 14.3. The number of ether oxygens (including phenoxy) is 2. The molecule has 0 radical (unpaired) electrons. The number of hydrogen-bond donors (Lipinski definition) is 0. The molecule has 6 heteroatoms. The lowest BCUT2D eigenvalue weighted by Crippen LogP contribution is -2.64. The SMILES string of the molecule is Cc1ccc(N2CCCC(OC(=O)N3C4CC5CC3CC(C4)O5)C2)c(F)c1. The monoisotopic (exact) mass is 374 g/mol. The van der Waals surface area contributed by atoms with Gasteiger partial charge in [0.2, 0.25) is 0 Å². The lowest BCUT2D eigenvalue weighted by molar-refractivity contribution is -0.174. The number of nitrogens with zero attached hydrogens (tertiary/aromatic N) is 2. The second-order valence-electron chi connectivity index (χ2n) is 8.59. The van der Waals surface area contributed by atoms with Crippen molar-refractivity contribution < 1.29 is 18.7 Å². The van der Waals surface area contributed by atoms with Crippen molar-refractivity contribution in [1.29, 1.82) is 0 Å². The van der Waals surface area contributed by atoms with Crippen LogP contribution in [-0.4, -0.2) is 54.5 Å². The van der Waals surface area contributed by atoms with E-state index in [9.17, 15) is 9.18 Å². The first-order chi connectivity index (χ1) is 13.1. The smallest absolute Gasteiger partial charge is 0.410 e. The zero-order chi connectivity index (χ0) is 18.5. The molecule has 1 aromatic rings. The summed E-state index contributed by atoms with van der Waals surface area (Å²) in [5.41, 5.74) is 1.52. The van der Waals surface area contributed by atoms with Gasteiger partial charge < -0.3 is 19.3 Å². The highest BCUT2D eigenvalue weighted by atomic mass is 19.1. The molecule has 5 fully saturated rings. The van der Waals surface area contributed by atoms with Crippen LogP contribution in [0.15, 0.2) is 18.2 Å². The third kappa shape index (κ3) is 3.18. The molecule has 5 saturated heterocycles. The number of anilines is 1. The minimum Gasteiger partial charge on any atom is -0.444 e. The minimum absolute atomic E-state index is 0.180. The zero-order valence-electron chi connectivity index (χ0n) is 15.8. The molecule has 1 unspecified atom stereocenters. The third-order valence-corrected chi connectivity index (χ3v) is 6.61. The Morgan fingerprint density at radius 1 is 1.19 bits per heavy atom. The van der Waals surface area contributed by atoms with Gasteiger partial charge in [-0.1, -0.05) is 6.07 Å². The Morgan fingerprint density at radius 2 is 1.89 bits per heavy atom. The lowest BCUT2D eigenvalue weighted by Gasteiger charge is -2.55. The van der Waals surface area contributed by atoms with Gasteiger partial charge in [0.25, 0.3) is 0 Å². The van der Waals surface area contributed by atoms with Gasteiger partial charge in [0.1, 0.15) is 11.9 Å². The van der Waals surface area contributed by atoms with Gasteiger partial charge >= 0.3 is 6.09 Å². The molecule has 6 rings (SSSR count). The number of benzene rings is 1. The molecule has 1 amide bonds. The molecule has 0 N–H and O–H groups in total.